The zero-order valence-electron chi connectivity index (χ0n) is 18.1. The third kappa shape index (κ3) is 5.43. The zero-order chi connectivity index (χ0) is 20.0. The largest absolute Gasteiger partial charge is 0.508 e. The molecule has 3 heteroatoms. The van der Waals surface area contributed by atoms with Crippen LogP contribution in [0.3, 0.4) is 0 Å². The van der Waals surface area contributed by atoms with E-state index in [1.165, 1.54) is 43.2 Å². The highest BCUT2D eigenvalue weighted by atomic mass is 16.5. The van der Waals surface area contributed by atoms with Gasteiger partial charge in [0.25, 0.3) is 0 Å². The van der Waals surface area contributed by atoms with Crippen LogP contribution in [0.1, 0.15) is 70.9 Å². The Morgan fingerprint density at radius 3 is 2.74 bits per heavy atom. The highest BCUT2D eigenvalue weighted by molar-refractivity contribution is 5.35. The number of hydrogen-bond acceptors (Lipinski definition) is 3. The van der Waals surface area contributed by atoms with Crippen LogP contribution in [0.5, 0.6) is 5.75 Å². The molecule has 0 amide bonds. The van der Waals surface area contributed by atoms with Gasteiger partial charge in [-0.1, -0.05) is 52.5 Å². The number of likely N-dealkylation sites (tertiary alicyclic amines) is 1. The summed E-state index contributed by atoms with van der Waals surface area (Å²) in [6.45, 7) is 17.0. The number of aryl methyl sites for hydroxylation is 1. The zero-order valence-corrected chi connectivity index (χ0v) is 18.1. The van der Waals surface area contributed by atoms with Gasteiger partial charge in [-0.25, -0.2) is 0 Å². The van der Waals surface area contributed by atoms with Crippen molar-refractivity contribution in [1.29, 1.82) is 0 Å². The van der Waals surface area contributed by atoms with Crippen molar-refractivity contribution in [2.75, 3.05) is 13.2 Å². The lowest BCUT2D eigenvalue weighted by atomic mass is 9.66. The van der Waals surface area contributed by atoms with Gasteiger partial charge in [-0.15, -0.1) is 0 Å². The van der Waals surface area contributed by atoms with E-state index in [1.807, 2.05) is 19.1 Å². The molecular weight excluding hydrogens is 334 g/mol. The van der Waals surface area contributed by atoms with Gasteiger partial charge in [-0.3, -0.25) is 0 Å². The second-order valence-corrected chi connectivity index (χ2v) is 8.75. The number of unbranched alkanes of at least 4 members (excludes halogenated alkanes) is 2. The van der Waals surface area contributed by atoms with Crippen molar-refractivity contribution in [2.45, 2.75) is 79.2 Å². The number of nitrogens with zero attached hydrogens (tertiary/aromatic N) is 1. The van der Waals surface area contributed by atoms with Crippen LogP contribution >= 0.6 is 0 Å². The summed E-state index contributed by atoms with van der Waals surface area (Å²) in [7, 11) is 0. The van der Waals surface area contributed by atoms with E-state index in [4.69, 9.17) is 4.74 Å². The van der Waals surface area contributed by atoms with Crippen molar-refractivity contribution in [3.05, 3.63) is 41.8 Å². The van der Waals surface area contributed by atoms with Crippen LogP contribution in [0.25, 0.3) is 0 Å². The van der Waals surface area contributed by atoms with E-state index in [9.17, 15) is 5.11 Å². The van der Waals surface area contributed by atoms with Crippen LogP contribution in [0, 0.1) is 18.3 Å². The molecule has 27 heavy (non-hydrogen) atoms. The Balaban J connectivity index is 2.11. The molecule has 0 aromatic heterocycles. The second kappa shape index (κ2) is 9.52. The number of phenolic OH excluding ortho intramolecular Hbond substituents is 1. The molecule has 1 fully saturated rings. The number of hydrogen-bond donors (Lipinski definition) is 1. The lowest BCUT2D eigenvalue weighted by Crippen LogP contribution is -2.64. The first-order valence-corrected chi connectivity index (χ1v) is 10.7. The molecule has 0 spiro atoms. The molecular formula is C24H39NO2. The van der Waals surface area contributed by atoms with E-state index in [2.05, 4.69) is 45.2 Å². The molecule has 152 valence electrons. The summed E-state index contributed by atoms with van der Waals surface area (Å²) in [4.78, 5) is 2.37. The highest BCUT2D eigenvalue weighted by Crippen LogP contribution is 2.46. The lowest BCUT2D eigenvalue weighted by Gasteiger charge is -2.58. The molecule has 1 aliphatic rings. The maximum Gasteiger partial charge on any atom is 0.182 e. The molecule has 1 aromatic rings. The number of rotatable bonds is 11. The van der Waals surface area contributed by atoms with Gasteiger partial charge in [0, 0.05) is 18.0 Å². The van der Waals surface area contributed by atoms with Crippen LogP contribution in [0.2, 0.25) is 0 Å². The van der Waals surface area contributed by atoms with Crippen LogP contribution in [-0.2, 0) is 11.2 Å². The number of ether oxygens (including phenoxy) is 1. The maximum atomic E-state index is 9.72. The lowest BCUT2D eigenvalue weighted by molar-refractivity contribution is -0.0856. The predicted molar refractivity (Wildman–Crippen MR) is 114 cm³/mol. The molecule has 1 aliphatic heterocycles. The molecule has 1 saturated heterocycles. The van der Waals surface area contributed by atoms with Crippen molar-refractivity contribution in [3.63, 3.8) is 0 Å². The molecule has 2 rings (SSSR count). The van der Waals surface area contributed by atoms with Crippen LogP contribution < -0.4 is 0 Å². The molecule has 1 aromatic carbocycles. The SMILES string of the molecule is C=C(OCC)N1CC(C)(Cc2ccc(O)cc2C)[C@@H]1C[C@H](C)CCCCC. The Hall–Kier alpha value is -1.64. The smallest absolute Gasteiger partial charge is 0.182 e. The Morgan fingerprint density at radius 2 is 2.11 bits per heavy atom. The first-order valence-electron chi connectivity index (χ1n) is 10.7. The number of aromatic hydroxyl groups is 1. The maximum absolute atomic E-state index is 9.72. The molecule has 1 heterocycles. The highest BCUT2D eigenvalue weighted by Gasteiger charge is 2.50. The minimum atomic E-state index is 0.209. The van der Waals surface area contributed by atoms with Gasteiger partial charge in [0.2, 0.25) is 0 Å². The third-order valence-corrected chi connectivity index (χ3v) is 6.19. The monoisotopic (exact) mass is 373 g/mol. The van der Waals surface area contributed by atoms with Crippen molar-refractivity contribution < 1.29 is 9.84 Å². The van der Waals surface area contributed by atoms with Crippen molar-refractivity contribution in [3.8, 4) is 5.75 Å². The Labute approximate surface area is 166 Å². The second-order valence-electron chi connectivity index (χ2n) is 8.75. The van der Waals surface area contributed by atoms with Crippen LogP contribution in [0.4, 0.5) is 0 Å². The minimum Gasteiger partial charge on any atom is -0.508 e. The fourth-order valence-electron chi connectivity index (χ4n) is 4.52. The van der Waals surface area contributed by atoms with Crippen molar-refractivity contribution in [1.82, 2.24) is 4.90 Å². The Kier molecular flexibility index (Phi) is 7.64. The molecule has 0 bridgehead atoms. The standard InChI is InChI=1S/C24H39NO2/c1-7-9-10-11-18(3)14-23-24(6,17-25(23)20(5)27-8-2)16-21-12-13-22(26)15-19(21)4/h12-13,15,18,23,26H,5,7-11,14,16-17H2,1-4,6H3/t18-,23+,24?/m1/s1. The Bertz CT molecular complexity index is 627. The van der Waals surface area contributed by atoms with Gasteiger partial charge in [0.05, 0.1) is 6.61 Å². The average molecular weight is 374 g/mol. The summed E-state index contributed by atoms with van der Waals surface area (Å²) >= 11 is 0. The van der Waals surface area contributed by atoms with E-state index < -0.39 is 0 Å². The average Bonchev–Trinajstić information content (AvgIpc) is 2.61. The van der Waals surface area contributed by atoms with Crippen LogP contribution in [-0.4, -0.2) is 29.2 Å². The third-order valence-electron chi connectivity index (χ3n) is 6.19. The van der Waals surface area contributed by atoms with E-state index in [0.717, 1.165) is 18.8 Å². The summed E-state index contributed by atoms with van der Waals surface area (Å²) in [5.74, 6) is 1.88. The first-order chi connectivity index (χ1) is 12.8. The molecule has 0 radical (unpaired) electrons. The van der Waals surface area contributed by atoms with Crippen molar-refractivity contribution >= 4 is 0 Å². The molecule has 1 N–H and O–H groups in total. The van der Waals surface area contributed by atoms with E-state index in [-0.39, 0.29) is 5.41 Å². The predicted octanol–water partition coefficient (Wildman–Crippen LogP) is 6.05. The fourth-order valence-corrected chi connectivity index (χ4v) is 4.52. The van der Waals surface area contributed by atoms with Gasteiger partial charge in [-0.2, -0.15) is 0 Å². The number of phenols is 1. The number of benzene rings is 1. The van der Waals surface area contributed by atoms with E-state index in [0.29, 0.717) is 24.3 Å². The van der Waals surface area contributed by atoms with E-state index in [1.54, 1.807) is 0 Å². The van der Waals surface area contributed by atoms with E-state index >= 15 is 0 Å². The van der Waals surface area contributed by atoms with Gasteiger partial charge >= 0.3 is 0 Å². The summed E-state index contributed by atoms with van der Waals surface area (Å²) in [5, 5.41) is 9.72. The molecule has 0 aliphatic carbocycles. The van der Waals surface area contributed by atoms with Crippen molar-refractivity contribution in [2.24, 2.45) is 11.3 Å². The van der Waals surface area contributed by atoms with Gasteiger partial charge < -0.3 is 14.7 Å². The van der Waals surface area contributed by atoms with Gasteiger partial charge in [0.1, 0.15) is 5.75 Å². The quantitative estimate of drug-likeness (QED) is 0.379. The van der Waals surface area contributed by atoms with Gasteiger partial charge in [-0.05, 0) is 62.4 Å². The summed E-state index contributed by atoms with van der Waals surface area (Å²) < 4.78 is 5.74. The molecule has 0 saturated carbocycles. The normalized spacial score (nSPS) is 23.0. The first kappa shape index (κ1) is 21.7. The summed E-state index contributed by atoms with van der Waals surface area (Å²) in [6.07, 6.45) is 7.44. The minimum absolute atomic E-state index is 0.209. The summed E-state index contributed by atoms with van der Waals surface area (Å²) in [6, 6.07) is 6.22. The molecule has 3 atom stereocenters. The fraction of sp³-hybridized carbons (Fsp3) is 0.667. The summed E-state index contributed by atoms with van der Waals surface area (Å²) in [5.41, 5.74) is 2.72. The van der Waals surface area contributed by atoms with Gasteiger partial charge in [0.15, 0.2) is 5.88 Å². The molecule has 1 unspecified atom stereocenters. The molecule has 3 nitrogen and oxygen atoms in total. The Morgan fingerprint density at radius 1 is 1.37 bits per heavy atom. The topological polar surface area (TPSA) is 32.7 Å². The van der Waals surface area contributed by atoms with Crippen LogP contribution in [0.15, 0.2) is 30.7 Å².